The second-order valence-corrected chi connectivity index (χ2v) is 6.40. The van der Waals surface area contributed by atoms with Crippen molar-refractivity contribution in [2.45, 2.75) is 79.6 Å². The van der Waals surface area contributed by atoms with Crippen molar-refractivity contribution in [2.24, 2.45) is 11.8 Å². The summed E-state index contributed by atoms with van der Waals surface area (Å²) in [5, 5.41) is 0. The summed E-state index contributed by atoms with van der Waals surface area (Å²) in [5.41, 5.74) is 4.71. The third-order valence-electron chi connectivity index (χ3n) is 4.93. The summed E-state index contributed by atoms with van der Waals surface area (Å²) >= 11 is 0. The Bertz CT molecular complexity index is 389. The van der Waals surface area contributed by atoms with E-state index >= 15 is 0 Å². The molecule has 1 unspecified atom stereocenters. The van der Waals surface area contributed by atoms with E-state index in [0.717, 1.165) is 18.3 Å². The van der Waals surface area contributed by atoms with Crippen LogP contribution < -0.4 is 0 Å². The van der Waals surface area contributed by atoms with Gasteiger partial charge in [0.25, 0.3) is 0 Å². The zero-order valence-electron chi connectivity index (χ0n) is 15.3. The van der Waals surface area contributed by atoms with Gasteiger partial charge < -0.3 is 0 Å². The standard InChI is InChI=1S/C19H29.C2H6.Es/c1-5-14(3)12-18-10-9-17(6-2)19(18)13-16-8-7-15(4)11-16;1-2;/h11,13,17-18H,3,5-10,12H2,1-2,4H3;1-2H3;/q-1;;/b19-13-;;/t17?,18-;;/m0../s1. The van der Waals surface area contributed by atoms with Crippen molar-refractivity contribution in [3.8, 4) is 0 Å². The fourth-order valence-corrected chi connectivity index (χ4v) is 3.59. The van der Waals surface area contributed by atoms with Crippen LogP contribution >= 0.6 is 0 Å². The van der Waals surface area contributed by atoms with Crippen LogP contribution in [0, 0.1) is 17.8 Å². The van der Waals surface area contributed by atoms with Gasteiger partial charge in [0.05, 0.1) is 0 Å². The van der Waals surface area contributed by atoms with E-state index in [1.54, 1.807) is 17.1 Å². The Kier molecular flexibility index (Phi) is 9.06. The van der Waals surface area contributed by atoms with Gasteiger partial charge in [-0.1, -0.05) is 90.7 Å². The van der Waals surface area contributed by atoms with Gasteiger partial charge >= 0.3 is 0 Å². The average Bonchev–Trinajstić information content (AvgIpc) is 3.08. The number of hydrogen-bond acceptors (Lipinski definition) is 0. The quantitative estimate of drug-likeness (QED) is 0.260. The Hall–Kier alpha value is -1.91. The van der Waals surface area contributed by atoms with Gasteiger partial charge in [-0.15, -0.1) is 0 Å². The smallest absolute Gasteiger partial charge is 0 e. The van der Waals surface area contributed by atoms with Gasteiger partial charge in [0.1, 0.15) is 0 Å². The van der Waals surface area contributed by atoms with E-state index in [1.807, 2.05) is 13.8 Å². The maximum atomic E-state index is 4.22. The summed E-state index contributed by atoms with van der Waals surface area (Å²) in [6, 6.07) is 0. The van der Waals surface area contributed by atoms with Crippen LogP contribution in [0.15, 0.2) is 35.5 Å². The Balaban J connectivity index is 0.00000141. The van der Waals surface area contributed by atoms with Gasteiger partial charge in [-0.2, -0.15) is 29.2 Å². The summed E-state index contributed by atoms with van der Waals surface area (Å²) in [6.07, 6.45) is 13.9. The van der Waals surface area contributed by atoms with Gasteiger partial charge in [-0.05, 0) is 12.8 Å². The zero-order valence-corrected chi connectivity index (χ0v) is 17.8. The Labute approximate surface area is 133 Å². The van der Waals surface area contributed by atoms with Gasteiger partial charge in [0.15, 0.2) is 0 Å². The molecule has 0 heterocycles. The number of allylic oxidation sites excluding steroid dienone is 5. The molecule has 1 fully saturated rings. The third kappa shape index (κ3) is 5.13. The molecule has 1 heteroatoms. The van der Waals surface area contributed by atoms with Gasteiger partial charge in [-0.25, -0.2) is 0 Å². The monoisotopic (exact) mass is 539 g/mol. The van der Waals surface area contributed by atoms with Crippen LogP contribution in [0.3, 0.4) is 0 Å². The van der Waals surface area contributed by atoms with Gasteiger partial charge in [-0.3, -0.25) is 0 Å². The summed E-state index contributed by atoms with van der Waals surface area (Å²) < 4.78 is 0. The molecule has 0 nitrogen and oxygen atoms in total. The molecule has 2 aliphatic rings. The van der Waals surface area contributed by atoms with E-state index in [9.17, 15) is 0 Å². The molecule has 22 heavy (non-hydrogen) atoms. The second kappa shape index (κ2) is 9.92. The summed E-state index contributed by atoms with van der Waals surface area (Å²) in [4.78, 5) is 0. The van der Waals surface area contributed by atoms with E-state index in [4.69, 9.17) is 0 Å². The van der Waals surface area contributed by atoms with Crippen molar-refractivity contribution in [3.05, 3.63) is 41.4 Å². The summed E-state index contributed by atoms with van der Waals surface area (Å²) in [7, 11) is 0. The van der Waals surface area contributed by atoms with Crippen LogP contribution in [0.25, 0.3) is 0 Å². The average molecular weight is 540 g/mol. The minimum absolute atomic E-state index is 0. The van der Waals surface area contributed by atoms with Crippen LogP contribution in [-0.2, 0) is 0 Å². The molecule has 0 amide bonds. The minimum atomic E-state index is 0. The largest absolute Gasteiger partial charge is 0.169 e. The normalized spacial score (nSPS) is 25.4. The van der Waals surface area contributed by atoms with E-state index in [2.05, 4.69) is 39.5 Å². The van der Waals surface area contributed by atoms with Crippen molar-refractivity contribution in [2.75, 3.05) is 0 Å². The van der Waals surface area contributed by atoms with E-state index in [-0.39, 0.29) is 0 Å². The predicted molar refractivity (Wildman–Crippen MR) is 96.2 cm³/mol. The molecule has 2 atom stereocenters. The van der Waals surface area contributed by atoms with Crippen molar-refractivity contribution in [1.29, 1.82) is 0 Å². The Morgan fingerprint density at radius 1 is 1.27 bits per heavy atom. The fourth-order valence-electron chi connectivity index (χ4n) is 3.59. The van der Waals surface area contributed by atoms with Crippen LogP contribution in [0.4, 0.5) is 0 Å². The maximum absolute atomic E-state index is 4.22. The molecule has 0 aromatic rings. The molecule has 0 N–H and O–H groups in total. The Morgan fingerprint density at radius 2 is 1.91 bits per heavy atom. The molecule has 0 bridgehead atoms. The number of hydrogen-bond donors (Lipinski definition) is 0. The molecule has 0 aromatic heterocycles. The predicted octanol–water partition coefficient (Wildman–Crippen LogP) is 7.05. The topological polar surface area (TPSA) is 0 Å². The summed E-state index contributed by atoms with van der Waals surface area (Å²) in [6.45, 7) is 15.1. The molecular weight excluding hydrogens is 504 g/mol. The van der Waals surface area contributed by atoms with Crippen molar-refractivity contribution >= 4 is 0 Å². The molecule has 0 aliphatic heterocycles. The number of rotatable bonds is 5. The molecule has 1 radical (unpaired) electrons. The van der Waals surface area contributed by atoms with E-state index in [0.29, 0.717) is 0 Å². The van der Waals surface area contributed by atoms with E-state index < -0.39 is 0 Å². The molecule has 2 rings (SSSR count). The fraction of sp³-hybridized carbons (Fsp3) is 0.667. The molecule has 1 saturated carbocycles. The van der Waals surface area contributed by atoms with E-state index in [1.165, 1.54) is 44.1 Å². The first-order chi connectivity index (χ1) is 10.1. The van der Waals surface area contributed by atoms with Crippen LogP contribution in [0.2, 0.25) is 0 Å². The second-order valence-electron chi connectivity index (χ2n) is 6.40. The van der Waals surface area contributed by atoms with Crippen LogP contribution in [0.1, 0.15) is 79.6 Å². The van der Waals surface area contributed by atoms with Crippen molar-refractivity contribution in [3.63, 3.8) is 0 Å². The zero-order chi connectivity index (χ0) is 15.8. The van der Waals surface area contributed by atoms with Crippen molar-refractivity contribution < 1.29 is 0 Å². The first kappa shape index (κ1) is 20.1. The van der Waals surface area contributed by atoms with Crippen LogP contribution in [-0.4, -0.2) is 0 Å². The summed E-state index contributed by atoms with van der Waals surface area (Å²) in [5.74, 6) is 3.18. The third-order valence-corrected chi connectivity index (χ3v) is 4.93. The molecule has 0 saturated heterocycles. The molecule has 0 aromatic carbocycles. The Morgan fingerprint density at radius 3 is 2.41 bits per heavy atom. The maximum Gasteiger partial charge on any atom is 0 e. The van der Waals surface area contributed by atoms with Crippen LogP contribution in [0.5, 0.6) is 0 Å². The minimum Gasteiger partial charge on any atom is -0.169 e. The molecular formula is C21H35Es-. The van der Waals surface area contributed by atoms with Crippen molar-refractivity contribution in [1.82, 2.24) is 0 Å². The molecule has 2 aliphatic carbocycles. The molecule has 131 valence electrons. The van der Waals surface area contributed by atoms with Gasteiger partial charge in [0.2, 0.25) is 0 Å². The SMILES string of the molecule is C=C(CC)C[C@@H]1CCC(CC)/C1=C/[C-]1C=C(C)CC1.CC.[Es]. The first-order valence-electron chi connectivity index (χ1n) is 9.05. The first-order valence-corrected chi connectivity index (χ1v) is 9.05. The molecule has 0 spiro atoms. The van der Waals surface area contributed by atoms with Gasteiger partial charge in [0, 0.05) is 0 Å².